The van der Waals surface area contributed by atoms with Gasteiger partial charge in [0.1, 0.15) is 11.3 Å². The Morgan fingerprint density at radius 2 is 1.79 bits per heavy atom. The number of rotatable bonds is 6. The van der Waals surface area contributed by atoms with E-state index in [-0.39, 0.29) is 46.9 Å². The number of phenolic OH excluding ortho intramolecular Hbond substituents is 1. The van der Waals surface area contributed by atoms with Crippen LogP contribution in [0, 0.1) is 5.92 Å². The number of ether oxygens (including phenoxy) is 2. The average molecular weight is 477 g/mol. The summed E-state index contributed by atoms with van der Waals surface area (Å²) in [6.45, 7) is 5.78. The first kappa shape index (κ1) is 23.9. The molecule has 1 N–H and O–H groups in total. The largest absolute Gasteiger partial charge is 0.507 e. The number of hydrogen-bond acceptors (Lipinski definition) is 6. The maximum atomic E-state index is 14.0. The number of piperidine rings is 1. The molecule has 34 heavy (non-hydrogen) atoms. The summed E-state index contributed by atoms with van der Waals surface area (Å²) in [7, 11) is 0. The van der Waals surface area contributed by atoms with Gasteiger partial charge in [0.2, 0.25) is 11.2 Å². The van der Waals surface area contributed by atoms with Crippen molar-refractivity contribution in [3.8, 4) is 23.0 Å². The Bertz CT molecular complexity index is 1230. The molecule has 1 aliphatic rings. The standard InChI is InChI=1S/C25H26F3NO5/c1-3-32-19-6-4-5-7-20(19)33-23-21(31)16-8-9-18(30)17(14-29-12-10-15(2)11-13-29)22(16)34-24(23)25(26,27)28/h4-9,15,30H,3,10-14H2,1-2H3. The number of likely N-dealkylation sites (tertiary alicyclic amines) is 1. The minimum atomic E-state index is -5.01. The molecule has 0 atom stereocenters. The number of alkyl halides is 3. The van der Waals surface area contributed by atoms with Crippen LogP contribution in [0.1, 0.15) is 38.0 Å². The zero-order chi connectivity index (χ0) is 24.5. The number of aromatic hydroxyl groups is 1. The molecule has 0 amide bonds. The molecule has 1 fully saturated rings. The number of phenols is 1. The number of fused-ring (bicyclic) bond motifs is 1. The second kappa shape index (κ2) is 9.58. The van der Waals surface area contributed by atoms with Crippen molar-refractivity contribution in [2.45, 2.75) is 39.4 Å². The van der Waals surface area contributed by atoms with Gasteiger partial charge in [-0.05, 0) is 63.0 Å². The average Bonchev–Trinajstić information content (AvgIpc) is 2.79. The zero-order valence-corrected chi connectivity index (χ0v) is 18.9. The van der Waals surface area contributed by atoms with E-state index >= 15 is 0 Å². The topological polar surface area (TPSA) is 72.1 Å². The van der Waals surface area contributed by atoms with Gasteiger partial charge in [0.15, 0.2) is 11.5 Å². The monoisotopic (exact) mass is 477 g/mol. The fourth-order valence-electron chi connectivity index (χ4n) is 4.08. The van der Waals surface area contributed by atoms with Crippen LogP contribution in [0.2, 0.25) is 0 Å². The molecular weight excluding hydrogens is 451 g/mol. The summed E-state index contributed by atoms with van der Waals surface area (Å²) < 4.78 is 58.3. The molecule has 2 aromatic carbocycles. The Hall–Kier alpha value is -3.20. The molecule has 0 saturated carbocycles. The van der Waals surface area contributed by atoms with Crippen LogP contribution in [0.3, 0.4) is 0 Å². The Labute approximate surface area is 194 Å². The fraction of sp³-hybridized carbons (Fsp3) is 0.400. The van der Waals surface area contributed by atoms with Crippen molar-refractivity contribution < 1.29 is 32.2 Å². The molecule has 1 aromatic heterocycles. The van der Waals surface area contributed by atoms with E-state index in [1.54, 1.807) is 19.1 Å². The molecule has 3 aromatic rings. The lowest BCUT2D eigenvalue weighted by Crippen LogP contribution is -2.32. The summed E-state index contributed by atoms with van der Waals surface area (Å²) in [5.74, 6) is -2.04. The first-order valence-electron chi connectivity index (χ1n) is 11.2. The Morgan fingerprint density at radius 1 is 1.12 bits per heavy atom. The predicted octanol–water partition coefficient (Wildman–Crippen LogP) is 5.94. The first-order valence-corrected chi connectivity index (χ1v) is 11.2. The van der Waals surface area contributed by atoms with E-state index in [0.29, 0.717) is 5.92 Å². The van der Waals surface area contributed by atoms with Gasteiger partial charge in [0, 0.05) is 6.54 Å². The van der Waals surface area contributed by atoms with Crippen molar-refractivity contribution in [2.24, 2.45) is 5.92 Å². The van der Waals surface area contributed by atoms with Gasteiger partial charge in [-0.3, -0.25) is 9.69 Å². The van der Waals surface area contributed by atoms with Gasteiger partial charge < -0.3 is 19.0 Å². The summed E-state index contributed by atoms with van der Waals surface area (Å²) in [6.07, 6.45) is -3.12. The molecule has 9 heteroatoms. The highest BCUT2D eigenvalue weighted by molar-refractivity contribution is 5.83. The van der Waals surface area contributed by atoms with E-state index in [1.807, 2.05) is 4.90 Å². The van der Waals surface area contributed by atoms with Gasteiger partial charge in [0.25, 0.3) is 5.76 Å². The van der Waals surface area contributed by atoms with E-state index in [9.17, 15) is 23.1 Å². The van der Waals surface area contributed by atoms with Crippen molar-refractivity contribution in [1.82, 2.24) is 4.90 Å². The molecular formula is C25H26F3NO5. The third-order valence-corrected chi connectivity index (χ3v) is 5.97. The van der Waals surface area contributed by atoms with E-state index in [0.717, 1.165) is 25.9 Å². The zero-order valence-electron chi connectivity index (χ0n) is 18.9. The minimum absolute atomic E-state index is 0.0389. The quantitative estimate of drug-likeness (QED) is 0.474. The SMILES string of the molecule is CCOc1ccccc1Oc1c(C(F)(F)F)oc2c(CN3CCC(C)CC3)c(O)ccc2c1=O. The van der Waals surface area contributed by atoms with Crippen molar-refractivity contribution in [2.75, 3.05) is 19.7 Å². The lowest BCUT2D eigenvalue weighted by molar-refractivity contribution is -0.154. The molecule has 4 rings (SSSR count). The lowest BCUT2D eigenvalue weighted by Gasteiger charge is -2.30. The van der Waals surface area contributed by atoms with E-state index in [1.165, 1.54) is 24.3 Å². The molecule has 1 aliphatic heterocycles. The van der Waals surface area contributed by atoms with Crippen LogP contribution in [0.15, 0.2) is 45.6 Å². The second-order valence-electron chi connectivity index (χ2n) is 8.47. The number of halogens is 3. The molecule has 0 radical (unpaired) electrons. The smallest absolute Gasteiger partial charge is 0.453 e. The number of para-hydroxylation sites is 2. The van der Waals surface area contributed by atoms with Crippen molar-refractivity contribution in [1.29, 1.82) is 0 Å². The van der Waals surface area contributed by atoms with E-state index in [4.69, 9.17) is 13.9 Å². The molecule has 0 spiro atoms. The Kier molecular flexibility index (Phi) is 6.74. The van der Waals surface area contributed by atoms with Crippen molar-refractivity contribution in [3.05, 3.63) is 57.9 Å². The highest BCUT2D eigenvalue weighted by atomic mass is 19.4. The number of benzene rings is 2. The predicted molar refractivity (Wildman–Crippen MR) is 121 cm³/mol. The van der Waals surface area contributed by atoms with Crippen LogP contribution >= 0.6 is 0 Å². The van der Waals surface area contributed by atoms with Crippen LogP contribution in [0.25, 0.3) is 11.0 Å². The van der Waals surface area contributed by atoms with Crippen LogP contribution in [-0.4, -0.2) is 29.7 Å². The van der Waals surface area contributed by atoms with Gasteiger partial charge in [-0.25, -0.2) is 0 Å². The van der Waals surface area contributed by atoms with Gasteiger partial charge in [-0.1, -0.05) is 19.1 Å². The molecule has 6 nitrogen and oxygen atoms in total. The lowest BCUT2D eigenvalue weighted by atomic mass is 9.98. The summed E-state index contributed by atoms with van der Waals surface area (Å²) >= 11 is 0. The molecule has 1 saturated heterocycles. The van der Waals surface area contributed by atoms with Crippen molar-refractivity contribution >= 4 is 11.0 Å². The van der Waals surface area contributed by atoms with Crippen LogP contribution in [0.5, 0.6) is 23.0 Å². The Balaban J connectivity index is 1.84. The Morgan fingerprint density at radius 3 is 2.44 bits per heavy atom. The highest BCUT2D eigenvalue weighted by Crippen LogP contribution is 2.41. The highest BCUT2D eigenvalue weighted by Gasteiger charge is 2.41. The fourth-order valence-corrected chi connectivity index (χ4v) is 4.08. The molecule has 0 unspecified atom stereocenters. The summed E-state index contributed by atoms with van der Waals surface area (Å²) in [4.78, 5) is 15.3. The summed E-state index contributed by atoms with van der Waals surface area (Å²) in [6, 6.07) is 8.69. The van der Waals surface area contributed by atoms with Crippen molar-refractivity contribution in [3.63, 3.8) is 0 Å². The molecule has 182 valence electrons. The van der Waals surface area contributed by atoms with E-state index in [2.05, 4.69) is 6.92 Å². The summed E-state index contributed by atoms with van der Waals surface area (Å²) in [5.41, 5.74) is -1.12. The van der Waals surface area contributed by atoms with Gasteiger partial charge >= 0.3 is 6.18 Å². The third kappa shape index (κ3) is 4.84. The second-order valence-corrected chi connectivity index (χ2v) is 8.47. The van der Waals surface area contributed by atoms with Crippen LogP contribution < -0.4 is 14.9 Å². The van der Waals surface area contributed by atoms with Gasteiger partial charge in [-0.15, -0.1) is 0 Å². The maximum Gasteiger partial charge on any atom is 0.453 e. The van der Waals surface area contributed by atoms with Gasteiger partial charge in [0.05, 0.1) is 17.6 Å². The first-order chi connectivity index (χ1) is 16.2. The van der Waals surface area contributed by atoms with Gasteiger partial charge in [-0.2, -0.15) is 13.2 Å². The maximum absolute atomic E-state index is 14.0. The minimum Gasteiger partial charge on any atom is -0.507 e. The normalized spacial score (nSPS) is 15.6. The molecule has 0 bridgehead atoms. The summed E-state index contributed by atoms with van der Waals surface area (Å²) in [5, 5.41) is 10.4. The number of nitrogens with zero attached hydrogens (tertiary/aromatic N) is 1. The van der Waals surface area contributed by atoms with Crippen LogP contribution in [0.4, 0.5) is 13.2 Å². The molecule has 0 aliphatic carbocycles. The van der Waals surface area contributed by atoms with E-state index < -0.39 is 23.1 Å². The number of hydrogen-bond donors (Lipinski definition) is 1. The molecule has 2 heterocycles. The third-order valence-electron chi connectivity index (χ3n) is 5.97. The van der Waals surface area contributed by atoms with Crippen LogP contribution in [-0.2, 0) is 12.7 Å².